The Balaban J connectivity index is 2.66. The standard InChI is InChI=1S/C22H40O5/c1-4-5-8-11-17(23)13-15-22(3)19(25)16-18(24)21(22,2)14-10-7-6-9-12-20(26)27/h13,15,17-19,23-25H,4-12,14,16H2,1-3H3,(H,26,27). The summed E-state index contributed by atoms with van der Waals surface area (Å²) in [6.07, 6.45) is 10.6. The van der Waals surface area contributed by atoms with Gasteiger partial charge in [-0.3, -0.25) is 4.79 Å². The molecule has 4 N–H and O–H groups in total. The Morgan fingerprint density at radius 2 is 1.74 bits per heavy atom. The van der Waals surface area contributed by atoms with Gasteiger partial charge in [-0.1, -0.05) is 71.4 Å². The summed E-state index contributed by atoms with van der Waals surface area (Å²) in [6, 6.07) is 0. The number of hydrogen-bond donors (Lipinski definition) is 4. The van der Waals surface area contributed by atoms with Crippen LogP contribution < -0.4 is 0 Å². The second-order valence-corrected chi connectivity index (χ2v) is 8.70. The van der Waals surface area contributed by atoms with Crippen molar-refractivity contribution in [2.75, 3.05) is 0 Å². The third kappa shape index (κ3) is 6.58. The van der Waals surface area contributed by atoms with Crippen LogP contribution in [0.4, 0.5) is 0 Å². The number of carboxylic acids is 1. The maximum atomic E-state index is 10.6. The summed E-state index contributed by atoms with van der Waals surface area (Å²) in [7, 11) is 0. The van der Waals surface area contributed by atoms with Gasteiger partial charge in [-0.05, 0) is 19.3 Å². The van der Waals surface area contributed by atoms with Crippen LogP contribution in [0.25, 0.3) is 0 Å². The van der Waals surface area contributed by atoms with Crippen molar-refractivity contribution in [3.05, 3.63) is 12.2 Å². The lowest BCUT2D eigenvalue weighted by Crippen LogP contribution is -2.42. The summed E-state index contributed by atoms with van der Waals surface area (Å²) in [5.74, 6) is -0.758. The summed E-state index contributed by atoms with van der Waals surface area (Å²) < 4.78 is 0. The first-order chi connectivity index (χ1) is 12.7. The van der Waals surface area contributed by atoms with Crippen molar-refractivity contribution in [1.82, 2.24) is 0 Å². The summed E-state index contributed by atoms with van der Waals surface area (Å²) in [5, 5.41) is 40.2. The molecule has 5 nitrogen and oxygen atoms in total. The molecule has 1 rings (SSSR count). The number of carboxylic acid groups (broad SMARTS) is 1. The van der Waals surface area contributed by atoms with Crippen LogP contribution in [0.3, 0.4) is 0 Å². The van der Waals surface area contributed by atoms with Crippen LogP contribution >= 0.6 is 0 Å². The lowest BCUT2D eigenvalue weighted by molar-refractivity contribution is -0.137. The van der Waals surface area contributed by atoms with E-state index in [9.17, 15) is 20.1 Å². The van der Waals surface area contributed by atoms with E-state index in [1.165, 1.54) is 0 Å². The van der Waals surface area contributed by atoms with Crippen molar-refractivity contribution >= 4 is 5.97 Å². The lowest BCUT2D eigenvalue weighted by atomic mass is 9.63. The second-order valence-electron chi connectivity index (χ2n) is 8.70. The third-order valence-corrected chi connectivity index (χ3v) is 6.71. The first-order valence-corrected chi connectivity index (χ1v) is 10.6. The number of rotatable bonds is 13. The number of aliphatic hydroxyl groups excluding tert-OH is 3. The van der Waals surface area contributed by atoms with Crippen molar-refractivity contribution in [2.45, 2.75) is 110 Å². The van der Waals surface area contributed by atoms with Crippen molar-refractivity contribution in [3.8, 4) is 0 Å². The predicted molar refractivity (Wildman–Crippen MR) is 107 cm³/mol. The fourth-order valence-corrected chi connectivity index (χ4v) is 4.33. The van der Waals surface area contributed by atoms with Crippen molar-refractivity contribution in [1.29, 1.82) is 0 Å². The molecule has 0 aromatic rings. The van der Waals surface area contributed by atoms with Gasteiger partial charge in [-0.15, -0.1) is 0 Å². The van der Waals surface area contributed by atoms with Gasteiger partial charge in [0.15, 0.2) is 0 Å². The average molecular weight is 385 g/mol. The van der Waals surface area contributed by atoms with Crippen LogP contribution in [0.2, 0.25) is 0 Å². The molecule has 5 atom stereocenters. The number of carbonyl (C=O) groups is 1. The quantitative estimate of drug-likeness (QED) is 0.284. The highest BCUT2D eigenvalue weighted by atomic mass is 16.4. The van der Waals surface area contributed by atoms with Gasteiger partial charge >= 0.3 is 5.97 Å². The Morgan fingerprint density at radius 3 is 2.37 bits per heavy atom. The summed E-state index contributed by atoms with van der Waals surface area (Å²) in [5.41, 5.74) is -1.04. The summed E-state index contributed by atoms with van der Waals surface area (Å²) >= 11 is 0. The number of unbranched alkanes of at least 4 members (excludes halogenated alkanes) is 5. The first kappa shape index (κ1) is 24.1. The fourth-order valence-electron chi connectivity index (χ4n) is 4.33. The van der Waals surface area contributed by atoms with Crippen molar-refractivity contribution < 1.29 is 25.2 Å². The molecule has 0 spiro atoms. The van der Waals surface area contributed by atoms with E-state index in [0.29, 0.717) is 12.8 Å². The molecular formula is C22H40O5. The molecule has 0 bridgehead atoms. The molecule has 0 saturated heterocycles. The van der Waals surface area contributed by atoms with Gasteiger partial charge in [0.05, 0.1) is 18.3 Å². The molecule has 1 fully saturated rings. The van der Waals surface area contributed by atoms with Gasteiger partial charge < -0.3 is 20.4 Å². The number of aliphatic carboxylic acids is 1. The van der Waals surface area contributed by atoms with Gasteiger partial charge in [0.1, 0.15) is 0 Å². The van der Waals surface area contributed by atoms with Crippen LogP contribution in [0, 0.1) is 10.8 Å². The molecule has 1 saturated carbocycles. The SMILES string of the molecule is CCCCCC(O)C=CC1(C)C(O)CC(O)C1(C)CCCCCCC(=O)O. The highest BCUT2D eigenvalue weighted by Gasteiger charge is 2.57. The Bertz CT molecular complexity index is 477. The van der Waals surface area contributed by atoms with E-state index in [-0.39, 0.29) is 6.42 Å². The summed E-state index contributed by atoms with van der Waals surface area (Å²) in [4.78, 5) is 10.6. The van der Waals surface area contributed by atoms with Gasteiger partial charge in [0.25, 0.3) is 0 Å². The van der Waals surface area contributed by atoms with Gasteiger partial charge in [0.2, 0.25) is 0 Å². The van der Waals surface area contributed by atoms with E-state index in [1.54, 1.807) is 6.08 Å². The van der Waals surface area contributed by atoms with Gasteiger partial charge in [-0.25, -0.2) is 0 Å². The zero-order valence-electron chi connectivity index (χ0n) is 17.4. The molecule has 0 amide bonds. The molecule has 0 aromatic heterocycles. The van der Waals surface area contributed by atoms with E-state index in [0.717, 1.165) is 51.4 Å². The highest BCUT2D eigenvalue weighted by molar-refractivity contribution is 5.66. The van der Waals surface area contributed by atoms with E-state index in [1.807, 2.05) is 19.9 Å². The van der Waals surface area contributed by atoms with E-state index < -0.39 is 35.1 Å². The lowest BCUT2D eigenvalue weighted by Gasteiger charge is -2.43. The Hall–Kier alpha value is -0.910. The van der Waals surface area contributed by atoms with Crippen LogP contribution in [0.15, 0.2) is 12.2 Å². The van der Waals surface area contributed by atoms with E-state index in [2.05, 4.69) is 6.92 Å². The minimum absolute atomic E-state index is 0.203. The molecule has 27 heavy (non-hydrogen) atoms. The third-order valence-electron chi connectivity index (χ3n) is 6.71. The number of aliphatic hydroxyl groups is 3. The zero-order chi connectivity index (χ0) is 20.5. The Kier molecular flexibility index (Phi) is 9.99. The monoisotopic (exact) mass is 384 g/mol. The average Bonchev–Trinajstić information content (AvgIpc) is 2.77. The molecule has 0 aliphatic heterocycles. The maximum absolute atomic E-state index is 10.6. The topological polar surface area (TPSA) is 98.0 Å². The largest absolute Gasteiger partial charge is 0.481 e. The number of hydrogen-bond acceptors (Lipinski definition) is 4. The van der Waals surface area contributed by atoms with E-state index in [4.69, 9.17) is 5.11 Å². The molecule has 5 heteroatoms. The molecule has 0 aromatic carbocycles. The molecule has 1 aliphatic rings. The van der Waals surface area contributed by atoms with Crippen LogP contribution in [0.1, 0.15) is 91.4 Å². The maximum Gasteiger partial charge on any atom is 0.303 e. The second kappa shape index (κ2) is 11.2. The van der Waals surface area contributed by atoms with Gasteiger partial charge in [0, 0.05) is 23.7 Å². The van der Waals surface area contributed by atoms with Crippen LogP contribution in [-0.4, -0.2) is 44.7 Å². The predicted octanol–water partition coefficient (Wildman–Crippen LogP) is 4.05. The summed E-state index contributed by atoms with van der Waals surface area (Å²) in [6.45, 7) is 6.14. The molecular weight excluding hydrogens is 344 g/mol. The first-order valence-electron chi connectivity index (χ1n) is 10.6. The smallest absolute Gasteiger partial charge is 0.303 e. The fraction of sp³-hybridized carbons (Fsp3) is 0.864. The van der Waals surface area contributed by atoms with Crippen LogP contribution in [0.5, 0.6) is 0 Å². The Morgan fingerprint density at radius 1 is 1.07 bits per heavy atom. The molecule has 0 radical (unpaired) electrons. The Labute approximate surface area is 164 Å². The van der Waals surface area contributed by atoms with Crippen molar-refractivity contribution in [2.24, 2.45) is 10.8 Å². The molecule has 5 unspecified atom stereocenters. The van der Waals surface area contributed by atoms with Gasteiger partial charge in [-0.2, -0.15) is 0 Å². The molecule has 0 heterocycles. The zero-order valence-corrected chi connectivity index (χ0v) is 17.4. The highest BCUT2D eigenvalue weighted by Crippen LogP contribution is 2.56. The van der Waals surface area contributed by atoms with E-state index >= 15 is 0 Å². The van der Waals surface area contributed by atoms with Crippen LogP contribution in [-0.2, 0) is 4.79 Å². The minimum atomic E-state index is -0.758. The van der Waals surface area contributed by atoms with Crippen molar-refractivity contribution in [3.63, 3.8) is 0 Å². The molecule has 158 valence electrons. The normalized spacial score (nSPS) is 32.2. The molecule has 1 aliphatic carbocycles. The minimum Gasteiger partial charge on any atom is -0.481 e.